The van der Waals surface area contributed by atoms with Crippen LogP contribution in [0.15, 0.2) is 12.4 Å². The van der Waals surface area contributed by atoms with Gasteiger partial charge in [-0.15, -0.1) is 0 Å². The highest BCUT2D eigenvalue weighted by Gasteiger charge is 2.19. The lowest BCUT2D eigenvalue weighted by molar-refractivity contribution is 0.443. The van der Waals surface area contributed by atoms with Crippen LogP contribution in [0.5, 0.6) is 0 Å². The van der Waals surface area contributed by atoms with Gasteiger partial charge < -0.3 is 15.1 Å². The van der Waals surface area contributed by atoms with Gasteiger partial charge in [0.1, 0.15) is 18.0 Å². The first kappa shape index (κ1) is 12.1. The van der Waals surface area contributed by atoms with Crippen molar-refractivity contribution < 1.29 is 0 Å². The molecule has 0 radical (unpaired) electrons. The molecule has 2 heterocycles. The summed E-state index contributed by atoms with van der Waals surface area (Å²) in [5.74, 6) is 1.95. The zero-order chi connectivity index (χ0) is 12.3. The summed E-state index contributed by atoms with van der Waals surface area (Å²) in [6.07, 6.45) is 4.10. The van der Waals surface area contributed by atoms with Gasteiger partial charge in [0.05, 0.1) is 0 Å². The van der Waals surface area contributed by atoms with Crippen LogP contribution in [0.1, 0.15) is 12.8 Å². The van der Waals surface area contributed by atoms with Crippen LogP contribution in [-0.4, -0.2) is 50.2 Å². The van der Waals surface area contributed by atoms with Crippen molar-refractivity contribution >= 4 is 11.6 Å². The van der Waals surface area contributed by atoms with Gasteiger partial charge in [0.25, 0.3) is 0 Å². The number of nitrogens with zero attached hydrogens (tertiary/aromatic N) is 4. The van der Waals surface area contributed by atoms with E-state index in [-0.39, 0.29) is 0 Å². The molecule has 0 aromatic carbocycles. The van der Waals surface area contributed by atoms with Crippen molar-refractivity contribution in [3.63, 3.8) is 0 Å². The molecule has 1 unspecified atom stereocenters. The summed E-state index contributed by atoms with van der Waals surface area (Å²) in [5.41, 5.74) is 0. The van der Waals surface area contributed by atoms with Gasteiger partial charge in [-0.1, -0.05) is 0 Å². The minimum absolute atomic E-state index is 0.536. The lowest BCUT2D eigenvalue weighted by atomic mass is 10.1. The van der Waals surface area contributed by atoms with E-state index in [0.29, 0.717) is 6.04 Å². The maximum Gasteiger partial charge on any atom is 0.134 e. The molecule has 17 heavy (non-hydrogen) atoms. The Labute approximate surface area is 103 Å². The second kappa shape index (κ2) is 5.31. The summed E-state index contributed by atoms with van der Waals surface area (Å²) in [6, 6.07) is 2.57. The van der Waals surface area contributed by atoms with Crippen molar-refractivity contribution in [2.75, 3.05) is 44.0 Å². The van der Waals surface area contributed by atoms with E-state index in [4.69, 9.17) is 0 Å². The lowest BCUT2D eigenvalue weighted by Crippen LogP contribution is -2.44. The van der Waals surface area contributed by atoms with E-state index in [1.165, 1.54) is 12.8 Å². The third kappa shape index (κ3) is 2.85. The van der Waals surface area contributed by atoms with Crippen LogP contribution in [0.4, 0.5) is 11.6 Å². The number of aromatic nitrogens is 2. The first-order chi connectivity index (χ1) is 8.18. The molecule has 0 amide bonds. The average Bonchev–Trinajstić information content (AvgIpc) is 2.39. The molecule has 1 N–H and O–H groups in total. The lowest BCUT2D eigenvalue weighted by Gasteiger charge is -2.32. The maximum absolute atomic E-state index is 4.36. The van der Waals surface area contributed by atoms with Crippen molar-refractivity contribution in [1.82, 2.24) is 15.3 Å². The minimum Gasteiger partial charge on any atom is -0.363 e. The molecular weight excluding hydrogens is 214 g/mol. The Morgan fingerprint density at radius 2 is 2.00 bits per heavy atom. The van der Waals surface area contributed by atoms with Crippen LogP contribution in [0, 0.1) is 0 Å². The molecule has 1 fully saturated rings. The molecule has 1 aliphatic rings. The second-order valence-electron chi connectivity index (χ2n) is 4.74. The number of hydrogen-bond acceptors (Lipinski definition) is 5. The molecular formula is C12H21N5. The normalized spacial score (nSPS) is 20.1. The molecule has 1 aromatic heterocycles. The van der Waals surface area contributed by atoms with Gasteiger partial charge in [-0.3, -0.25) is 0 Å². The molecule has 1 atom stereocenters. The van der Waals surface area contributed by atoms with Crippen molar-refractivity contribution in [2.45, 2.75) is 18.9 Å². The van der Waals surface area contributed by atoms with Crippen LogP contribution in [-0.2, 0) is 0 Å². The van der Waals surface area contributed by atoms with Gasteiger partial charge in [0.15, 0.2) is 0 Å². The van der Waals surface area contributed by atoms with E-state index in [9.17, 15) is 0 Å². The summed E-state index contributed by atoms with van der Waals surface area (Å²) in [4.78, 5) is 12.8. The zero-order valence-corrected chi connectivity index (χ0v) is 10.8. The first-order valence-corrected chi connectivity index (χ1v) is 6.11. The Balaban J connectivity index is 2.12. The number of rotatable bonds is 3. The fraction of sp³-hybridized carbons (Fsp3) is 0.667. The monoisotopic (exact) mass is 235 g/mol. The molecule has 2 rings (SSSR count). The SMILES string of the molecule is CN(C)c1cc(N(C)C2CCCNC2)ncn1. The van der Waals surface area contributed by atoms with E-state index in [1.54, 1.807) is 6.33 Å². The van der Waals surface area contributed by atoms with Crippen LogP contribution in [0.2, 0.25) is 0 Å². The molecule has 1 aromatic rings. The summed E-state index contributed by atoms with van der Waals surface area (Å²) >= 11 is 0. The molecule has 0 aliphatic carbocycles. The highest BCUT2D eigenvalue weighted by atomic mass is 15.2. The molecule has 0 spiro atoms. The second-order valence-corrected chi connectivity index (χ2v) is 4.74. The van der Waals surface area contributed by atoms with Crippen LogP contribution < -0.4 is 15.1 Å². The number of likely N-dealkylation sites (N-methyl/N-ethyl adjacent to an activating group) is 1. The quantitative estimate of drug-likeness (QED) is 0.837. The van der Waals surface area contributed by atoms with Gasteiger partial charge in [-0.2, -0.15) is 0 Å². The van der Waals surface area contributed by atoms with Crippen LogP contribution in [0.3, 0.4) is 0 Å². The van der Waals surface area contributed by atoms with Gasteiger partial charge >= 0.3 is 0 Å². The first-order valence-electron chi connectivity index (χ1n) is 6.11. The number of hydrogen-bond donors (Lipinski definition) is 1. The van der Waals surface area contributed by atoms with E-state index in [1.807, 2.05) is 25.1 Å². The largest absolute Gasteiger partial charge is 0.363 e. The summed E-state index contributed by atoms with van der Waals surface area (Å²) in [7, 11) is 6.10. The topological polar surface area (TPSA) is 44.3 Å². The van der Waals surface area contributed by atoms with Crippen molar-refractivity contribution in [3.8, 4) is 0 Å². The van der Waals surface area contributed by atoms with Crippen molar-refractivity contribution in [1.29, 1.82) is 0 Å². The molecule has 0 saturated carbocycles. The highest BCUT2D eigenvalue weighted by molar-refractivity contribution is 5.49. The fourth-order valence-corrected chi connectivity index (χ4v) is 2.13. The Bertz CT molecular complexity index is 360. The van der Waals surface area contributed by atoms with Gasteiger partial charge in [-0.05, 0) is 19.4 Å². The van der Waals surface area contributed by atoms with E-state index >= 15 is 0 Å². The molecule has 1 aliphatic heterocycles. The summed E-state index contributed by atoms with van der Waals surface area (Å²) < 4.78 is 0. The summed E-state index contributed by atoms with van der Waals surface area (Å²) in [5, 5.41) is 3.43. The van der Waals surface area contributed by atoms with E-state index in [2.05, 4.69) is 27.2 Å². The zero-order valence-electron chi connectivity index (χ0n) is 10.8. The van der Waals surface area contributed by atoms with Crippen molar-refractivity contribution in [2.24, 2.45) is 0 Å². The number of anilines is 2. The summed E-state index contributed by atoms with van der Waals surface area (Å²) in [6.45, 7) is 2.18. The predicted octanol–water partition coefficient (Wildman–Crippen LogP) is 0.731. The van der Waals surface area contributed by atoms with Gasteiger partial charge in [0.2, 0.25) is 0 Å². The molecule has 5 heteroatoms. The minimum atomic E-state index is 0.536. The predicted molar refractivity (Wildman–Crippen MR) is 70.7 cm³/mol. The maximum atomic E-state index is 4.36. The molecule has 0 bridgehead atoms. The van der Waals surface area contributed by atoms with E-state index < -0.39 is 0 Å². The van der Waals surface area contributed by atoms with Crippen molar-refractivity contribution in [3.05, 3.63) is 12.4 Å². The Morgan fingerprint density at radius 3 is 2.65 bits per heavy atom. The average molecular weight is 235 g/mol. The van der Waals surface area contributed by atoms with Crippen LogP contribution >= 0.6 is 0 Å². The molecule has 94 valence electrons. The third-order valence-electron chi connectivity index (χ3n) is 3.28. The smallest absolute Gasteiger partial charge is 0.134 e. The van der Waals surface area contributed by atoms with Gasteiger partial charge in [0, 0.05) is 39.8 Å². The highest BCUT2D eigenvalue weighted by Crippen LogP contribution is 2.19. The fourth-order valence-electron chi connectivity index (χ4n) is 2.13. The van der Waals surface area contributed by atoms with Crippen LogP contribution in [0.25, 0.3) is 0 Å². The molecule has 5 nitrogen and oxygen atoms in total. The van der Waals surface area contributed by atoms with E-state index in [0.717, 1.165) is 24.7 Å². The molecule has 1 saturated heterocycles. The number of nitrogens with one attached hydrogen (secondary N) is 1. The third-order valence-corrected chi connectivity index (χ3v) is 3.28. The Morgan fingerprint density at radius 1 is 1.24 bits per heavy atom. The Hall–Kier alpha value is -1.36. The standard InChI is InChI=1S/C12H21N5/c1-16(2)11-7-12(15-9-14-11)17(3)10-5-4-6-13-8-10/h7,9-10,13H,4-6,8H2,1-3H3. The number of piperidine rings is 1. The van der Waals surface area contributed by atoms with Gasteiger partial charge in [-0.25, -0.2) is 9.97 Å². The Kier molecular flexibility index (Phi) is 3.78.